The van der Waals surface area contributed by atoms with Gasteiger partial charge >= 0.3 is 6.18 Å². The fraction of sp³-hybridized carbons (Fsp3) is 0.0500. The maximum atomic E-state index is 13.5. The number of hydrogen-bond donors (Lipinski definition) is 2. The average Bonchev–Trinajstić information content (AvgIpc) is 3.50. The van der Waals surface area contributed by atoms with Gasteiger partial charge in [0.25, 0.3) is 11.8 Å². The summed E-state index contributed by atoms with van der Waals surface area (Å²) in [5.74, 6) is -1.56. The number of alkyl halides is 3. The number of fused-ring (bicyclic) bond motifs is 2. The van der Waals surface area contributed by atoms with Gasteiger partial charge in [0.2, 0.25) is 0 Å². The molecule has 0 aliphatic rings. The highest BCUT2D eigenvalue weighted by atomic mass is 32.1. The number of rotatable bonds is 4. The van der Waals surface area contributed by atoms with Crippen molar-refractivity contribution in [2.24, 2.45) is 5.73 Å². The minimum absolute atomic E-state index is 0.00644. The molecule has 0 fully saturated rings. The number of nitrogens with one attached hydrogen (secondary N) is 1. The third kappa shape index (κ3) is 3.57. The molecule has 3 N–H and O–H groups in total. The lowest BCUT2D eigenvalue weighted by molar-refractivity contribution is -0.140. The standard InChI is InChI=1S/C20H11F3N6O3S/c21-20(22,23)12-7-9(11-3-1-6-32-11)14-15(16(17(24)30)33-19(14)26-12)27-18(31)10-8-13-25-4-2-5-29(13)28-10/h1-8H,(H2,24,30)(H,27,31). The lowest BCUT2D eigenvalue weighted by atomic mass is 10.1. The summed E-state index contributed by atoms with van der Waals surface area (Å²) in [6.45, 7) is 0. The van der Waals surface area contributed by atoms with Crippen LogP contribution in [0.3, 0.4) is 0 Å². The van der Waals surface area contributed by atoms with Crippen molar-refractivity contribution in [1.82, 2.24) is 19.6 Å². The molecule has 0 saturated heterocycles. The molecule has 0 radical (unpaired) electrons. The first-order valence-corrected chi connectivity index (χ1v) is 10.0. The molecule has 5 aromatic heterocycles. The Bertz CT molecular complexity index is 1510. The zero-order valence-electron chi connectivity index (χ0n) is 16.3. The maximum Gasteiger partial charge on any atom is 0.433 e. The van der Waals surface area contributed by atoms with Gasteiger partial charge in [-0.2, -0.15) is 18.3 Å². The molecule has 0 unspecified atom stereocenters. The third-order valence-electron chi connectivity index (χ3n) is 4.67. The first-order valence-electron chi connectivity index (χ1n) is 9.22. The first kappa shape index (κ1) is 20.6. The number of amides is 2. The second-order valence-corrected chi connectivity index (χ2v) is 7.79. The van der Waals surface area contributed by atoms with Crippen LogP contribution in [0.1, 0.15) is 25.9 Å². The van der Waals surface area contributed by atoms with E-state index in [1.54, 1.807) is 12.3 Å². The van der Waals surface area contributed by atoms with E-state index in [4.69, 9.17) is 10.2 Å². The Labute approximate surface area is 185 Å². The molecule has 5 heterocycles. The van der Waals surface area contributed by atoms with Crippen LogP contribution in [0.2, 0.25) is 0 Å². The third-order valence-corrected chi connectivity index (χ3v) is 5.77. The summed E-state index contributed by atoms with van der Waals surface area (Å²) in [4.78, 5) is 32.5. The van der Waals surface area contributed by atoms with Gasteiger partial charge in [-0.3, -0.25) is 9.59 Å². The number of nitrogens with two attached hydrogens (primary N) is 1. The molecule has 5 aromatic rings. The zero-order chi connectivity index (χ0) is 23.3. The lowest BCUT2D eigenvalue weighted by Crippen LogP contribution is -2.17. The molecular weight excluding hydrogens is 461 g/mol. The van der Waals surface area contributed by atoms with Crippen LogP contribution < -0.4 is 11.1 Å². The molecule has 0 aliphatic heterocycles. The molecule has 0 bridgehead atoms. The molecule has 0 aliphatic carbocycles. The molecule has 0 spiro atoms. The largest absolute Gasteiger partial charge is 0.464 e. The number of pyridine rings is 1. The average molecular weight is 472 g/mol. The Morgan fingerprint density at radius 3 is 2.70 bits per heavy atom. The summed E-state index contributed by atoms with van der Waals surface area (Å²) in [7, 11) is 0. The van der Waals surface area contributed by atoms with Crippen molar-refractivity contribution >= 4 is 44.7 Å². The molecule has 0 atom stereocenters. The molecule has 5 rings (SSSR count). The van der Waals surface area contributed by atoms with Crippen molar-refractivity contribution in [3.05, 3.63) is 65.3 Å². The van der Waals surface area contributed by atoms with Gasteiger partial charge in [0.05, 0.1) is 12.0 Å². The number of hydrogen-bond acceptors (Lipinski definition) is 7. The van der Waals surface area contributed by atoms with Crippen LogP contribution >= 0.6 is 11.3 Å². The van der Waals surface area contributed by atoms with Crippen molar-refractivity contribution in [3.63, 3.8) is 0 Å². The fourth-order valence-corrected chi connectivity index (χ4v) is 4.29. The first-order chi connectivity index (χ1) is 15.7. The Morgan fingerprint density at radius 2 is 2.03 bits per heavy atom. The van der Waals surface area contributed by atoms with E-state index in [2.05, 4.69) is 20.4 Å². The van der Waals surface area contributed by atoms with Crippen LogP contribution in [0.25, 0.3) is 27.2 Å². The van der Waals surface area contributed by atoms with Crippen LogP contribution in [-0.2, 0) is 6.18 Å². The van der Waals surface area contributed by atoms with Gasteiger partial charge in [-0.15, -0.1) is 11.3 Å². The highest BCUT2D eigenvalue weighted by Crippen LogP contribution is 2.43. The summed E-state index contributed by atoms with van der Waals surface area (Å²) >= 11 is 0.636. The number of aromatic nitrogens is 4. The molecule has 0 saturated carbocycles. The number of halogens is 3. The molecule has 33 heavy (non-hydrogen) atoms. The number of anilines is 1. The number of nitrogens with zero attached hydrogens (tertiary/aromatic N) is 4. The fourth-order valence-electron chi connectivity index (χ4n) is 3.28. The quantitative estimate of drug-likeness (QED) is 0.407. The highest BCUT2D eigenvalue weighted by Gasteiger charge is 2.35. The second-order valence-electron chi connectivity index (χ2n) is 6.79. The van der Waals surface area contributed by atoms with Crippen molar-refractivity contribution in [2.75, 3.05) is 5.32 Å². The van der Waals surface area contributed by atoms with Crippen molar-refractivity contribution in [1.29, 1.82) is 0 Å². The smallest absolute Gasteiger partial charge is 0.433 e. The van der Waals surface area contributed by atoms with Crippen LogP contribution in [-0.4, -0.2) is 31.4 Å². The summed E-state index contributed by atoms with van der Waals surface area (Å²) in [6.07, 6.45) is -0.348. The summed E-state index contributed by atoms with van der Waals surface area (Å²) in [5.41, 5.74) is 4.58. The van der Waals surface area contributed by atoms with Gasteiger partial charge in [-0.05, 0) is 24.3 Å². The Hall–Kier alpha value is -4.26. The molecule has 2 amide bonds. The van der Waals surface area contributed by atoms with Gasteiger partial charge in [-0.1, -0.05) is 0 Å². The second kappa shape index (κ2) is 7.41. The number of carbonyl (C=O) groups is 2. The van der Waals surface area contributed by atoms with Gasteiger partial charge in [0, 0.05) is 29.4 Å². The molecular formula is C20H11F3N6O3S. The molecule has 9 nitrogen and oxygen atoms in total. The maximum absolute atomic E-state index is 13.5. The van der Waals surface area contributed by atoms with Gasteiger partial charge in [0.15, 0.2) is 11.3 Å². The van der Waals surface area contributed by atoms with Gasteiger partial charge in [-0.25, -0.2) is 14.5 Å². The Kier molecular flexibility index (Phi) is 4.63. The number of carbonyl (C=O) groups excluding carboxylic acids is 2. The van der Waals surface area contributed by atoms with Crippen LogP contribution in [0.4, 0.5) is 18.9 Å². The van der Waals surface area contributed by atoms with Crippen molar-refractivity contribution in [2.45, 2.75) is 6.18 Å². The summed E-state index contributed by atoms with van der Waals surface area (Å²) in [5, 5.41) is 6.76. The molecule has 0 aromatic carbocycles. The highest BCUT2D eigenvalue weighted by molar-refractivity contribution is 7.21. The minimum atomic E-state index is -4.75. The van der Waals surface area contributed by atoms with E-state index in [1.165, 1.54) is 35.2 Å². The topological polar surface area (TPSA) is 128 Å². The summed E-state index contributed by atoms with van der Waals surface area (Å²) < 4.78 is 47.1. The Balaban J connectivity index is 1.71. The summed E-state index contributed by atoms with van der Waals surface area (Å²) in [6, 6.07) is 6.79. The van der Waals surface area contributed by atoms with E-state index in [9.17, 15) is 22.8 Å². The van der Waals surface area contributed by atoms with Gasteiger partial charge < -0.3 is 15.5 Å². The SMILES string of the molecule is NC(=O)c1sc2nc(C(F)(F)F)cc(-c3ccco3)c2c1NC(=O)c1cc2ncccn2n1. The van der Waals surface area contributed by atoms with Crippen LogP contribution in [0, 0.1) is 0 Å². The predicted molar refractivity (Wildman–Crippen MR) is 112 cm³/mol. The van der Waals surface area contributed by atoms with E-state index in [0.29, 0.717) is 17.0 Å². The van der Waals surface area contributed by atoms with Crippen LogP contribution in [0.15, 0.2) is 53.4 Å². The predicted octanol–water partition coefficient (Wildman–Crippen LogP) is 3.97. The van der Waals surface area contributed by atoms with E-state index < -0.39 is 23.7 Å². The molecule has 13 heteroatoms. The molecule has 166 valence electrons. The number of thiophene rings is 1. The van der Waals surface area contributed by atoms with Crippen molar-refractivity contribution in [3.8, 4) is 11.3 Å². The van der Waals surface area contributed by atoms with Crippen LogP contribution in [0.5, 0.6) is 0 Å². The number of primary amides is 1. The lowest BCUT2D eigenvalue weighted by Gasteiger charge is -2.10. The van der Waals surface area contributed by atoms with E-state index in [1.807, 2.05) is 0 Å². The van der Waals surface area contributed by atoms with E-state index >= 15 is 0 Å². The monoisotopic (exact) mass is 472 g/mol. The Morgan fingerprint density at radius 1 is 1.21 bits per heavy atom. The van der Waals surface area contributed by atoms with Gasteiger partial charge in [0.1, 0.15) is 21.2 Å². The van der Waals surface area contributed by atoms with Crippen molar-refractivity contribution < 1.29 is 27.2 Å². The van der Waals surface area contributed by atoms with E-state index in [-0.39, 0.29) is 37.8 Å². The zero-order valence-corrected chi connectivity index (χ0v) is 17.1. The number of furan rings is 1. The van der Waals surface area contributed by atoms with E-state index in [0.717, 1.165) is 6.07 Å². The minimum Gasteiger partial charge on any atom is -0.464 e. The normalized spacial score (nSPS) is 11.8.